The Bertz CT molecular complexity index is 2060. The van der Waals surface area contributed by atoms with E-state index in [1.807, 2.05) is 97.1 Å². The van der Waals surface area contributed by atoms with Gasteiger partial charge in [0.25, 0.3) is 5.91 Å². The standard InChI is InChI=1S/C46H48N2O10/c1-46(2,3)58-45(52)48-38(31-53-27-33-17-8-4-9-18-33)43(50)57-32-39(44(51)56-30-36-23-14-7-15-24-36)47-42(49)37-25-16-26-40(54-28-34-19-10-5-11-20-34)41(37)55-29-35-21-12-6-13-22-35/h4-26,38-39H,27-32H2,1-3H3,(H,47,49)(H,48,52)/t38-,39-/m0/s1. The van der Waals surface area contributed by atoms with Gasteiger partial charge in [-0.2, -0.15) is 0 Å². The summed E-state index contributed by atoms with van der Waals surface area (Å²) in [5.41, 5.74) is 2.51. The molecule has 0 aliphatic heterocycles. The summed E-state index contributed by atoms with van der Waals surface area (Å²) in [5, 5.41) is 5.17. The number of esters is 2. The van der Waals surface area contributed by atoms with Gasteiger partial charge in [-0.25, -0.2) is 14.4 Å². The first-order chi connectivity index (χ1) is 28.0. The van der Waals surface area contributed by atoms with E-state index in [0.29, 0.717) is 11.3 Å². The van der Waals surface area contributed by atoms with E-state index in [-0.39, 0.29) is 44.3 Å². The fourth-order valence-electron chi connectivity index (χ4n) is 5.41. The van der Waals surface area contributed by atoms with E-state index in [2.05, 4.69) is 10.6 Å². The number of nitrogens with one attached hydrogen (secondary N) is 2. The van der Waals surface area contributed by atoms with E-state index in [1.54, 1.807) is 57.2 Å². The van der Waals surface area contributed by atoms with Crippen molar-refractivity contribution >= 4 is 23.9 Å². The summed E-state index contributed by atoms with van der Waals surface area (Å²) in [6.07, 6.45) is -0.873. The van der Waals surface area contributed by atoms with Crippen LogP contribution in [0, 0.1) is 0 Å². The summed E-state index contributed by atoms with van der Waals surface area (Å²) in [4.78, 5) is 54.1. The molecule has 2 N–H and O–H groups in total. The SMILES string of the molecule is CC(C)(C)OC(=O)N[C@@H](COCc1ccccc1)C(=O)OC[C@H](NC(=O)c1cccc(OCc2ccccc2)c1OCc1ccccc1)C(=O)OCc1ccccc1. The van der Waals surface area contributed by atoms with Crippen LogP contribution in [-0.2, 0) is 55.0 Å². The summed E-state index contributed by atoms with van der Waals surface area (Å²) >= 11 is 0. The zero-order valence-corrected chi connectivity index (χ0v) is 32.8. The van der Waals surface area contributed by atoms with Crippen LogP contribution in [0.25, 0.3) is 0 Å². The minimum Gasteiger partial charge on any atom is -0.485 e. The molecule has 2 amide bonds. The number of benzene rings is 5. The third-order valence-corrected chi connectivity index (χ3v) is 8.26. The zero-order chi connectivity index (χ0) is 41.2. The lowest BCUT2D eigenvalue weighted by molar-refractivity contribution is -0.154. The van der Waals surface area contributed by atoms with Crippen LogP contribution in [-0.4, -0.2) is 54.8 Å². The van der Waals surface area contributed by atoms with E-state index in [4.69, 9.17) is 28.4 Å². The Balaban J connectivity index is 1.36. The van der Waals surface area contributed by atoms with Gasteiger partial charge in [-0.1, -0.05) is 127 Å². The van der Waals surface area contributed by atoms with Crippen LogP contribution in [0.3, 0.4) is 0 Å². The molecule has 0 saturated carbocycles. The lowest BCUT2D eigenvalue weighted by Gasteiger charge is -2.24. The Morgan fingerprint density at radius 3 is 1.55 bits per heavy atom. The van der Waals surface area contributed by atoms with Gasteiger partial charge in [0, 0.05) is 0 Å². The number of carbonyl (C=O) groups is 4. The van der Waals surface area contributed by atoms with Gasteiger partial charge >= 0.3 is 18.0 Å². The van der Waals surface area contributed by atoms with Gasteiger partial charge in [0.15, 0.2) is 23.6 Å². The molecule has 0 aliphatic carbocycles. The summed E-state index contributed by atoms with van der Waals surface area (Å²) in [6, 6.07) is 39.2. The van der Waals surface area contributed by atoms with E-state index in [0.717, 1.165) is 16.7 Å². The monoisotopic (exact) mass is 788 g/mol. The second-order valence-electron chi connectivity index (χ2n) is 14.1. The highest BCUT2D eigenvalue weighted by atomic mass is 16.6. The molecule has 12 heteroatoms. The van der Waals surface area contributed by atoms with Crippen LogP contribution in [0.15, 0.2) is 140 Å². The minimum atomic E-state index is -1.48. The molecule has 0 unspecified atom stereocenters. The summed E-state index contributed by atoms with van der Waals surface area (Å²) in [6.45, 7) is 4.49. The van der Waals surface area contributed by atoms with Gasteiger partial charge in [0.1, 0.15) is 32.0 Å². The van der Waals surface area contributed by atoms with E-state index >= 15 is 0 Å². The van der Waals surface area contributed by atoms with Crippen molar-refractivity contribution in [2.75, 3.05) is 13.2 Å². The normalized spacial score (nSPS) is 12.0. The van der Waals surface area contributed by atoms with Crippen LogP contribution >= 0.6 is 0 Å². The minimum absolute atomic E-state index is 0.0625. The molecule has 302 valence electrons. The van der Waals surface area contributed by atoms with Crippen LogP contribution < -0.4 is 20.1 Å². The maximum atomic E-state index is 14.1. The van der Waals surface area contributed by atoms with Crippen molar-refractivity contribution in [3.63, 3.8) is 0 Å². The number of rotatable bonds is 19. The Morgan fingerprint density at radius 1 is 0.517 bits per heavy atom. The Kier molecular flexibility index (Phi) is 15.8. The number of hydrogen-bond acceptors (Lipinski definition) is 10. The van der Waals surface area contributed by atoms with Gasteiger partial charge < -0.3 is 39.1 Å². The molecule has 58 heavy (non-hydrogen) atoms. The molecule has 0 aromatic heterocycles. The maximum Gasteiger partial charge on any atom is 0.408 e. The van der Waals surface area contributed by atoms with Gasteiger partial charge in [-0.15, -0.1) is 0 Å². The molecule has 0 aliphatic rings. The van der Waals surface area contributed by atoms with Crippen LogP contribution in [0.1, 0.15) is 53.4 Å². The van der Waals surface area contributed by atoms with E-state index in [1.165, 1.54) is 6.07 Å². The van der Waals surface area contributed by atoms with Gasteiger partial charge in [-0.3, -0.25) is 4.79 Å². The summed E-state index contributed by atoms with van der Waals surface area (Å²) in [5.74, 6) is -2.08. The Hall–Kier alpha value is -6.66. The van der Waals surface area contributed by atoms with Crippen molar-refractivity contribution in [3.05, 3.63) is 167 Å². The fraction of sp³-hybridized carbons (Fsp3) is 0.261. The third-order valence-electron chi connectivity index (χ3n) is 8.26. The first kappa shape index (κ1) is 42.5. The highest BCUT2D eigenvalue weighted by Crippen LogP contribution is 2.33. The van der Waals surface area contributed by atoms with E-state index in [9.17, 15) is 19.2 Å². The molecule has 0 saturated heterocycles. The lowest BCUT2D eigenvalue weighted by atomic mass is 10.1. The van der Waals surface area contributed by atoms with Gasteiger partial charge in [0.2, 0.25) is 0 Å². The molecule has 0 radical (unpaired) electrons. The topological polar surface area (TPSA) is 148 Å². The second-order valence-corrected chi connectivity index (χ2v) is 14.1. The average Bonchev–Trinajstić information content (AvgIpc) is 3.23. The van der Waals surface area contributed by atoms with E-state index < -0.39 is 48.2 Å². The van der Waals surface area contributed by atoms with Crippen molar-refractivity contribution in [2.24, 2.45) is 0 Å². The highest BCUT2D eigenvalue weighted by molar-refractivity contribution is 6.00. The molecule has 0 heterocycles. The van der Waals surface area contributed by atoms with Gasteiger partial charge in [-0.05, 0) is 55.2 Å². The number of hydrogen-bond donors (Lipinski definition) is 2. The zero-order valence-electron chi connectivity index (χ0n) is 32.8. The predicted octanol–water partition coefficient (Wildman–Crippen LogP) is 7.34. The third kappa shape index (κ3) is 14.1. The van der Waals surface area contributed by atoms with Crippen molar-refractivity contribution in [1.29, 1.82) is 0 Å². The quantitative estimate of drug-likeness (QED) is 0.0644. The molecule has 12 nitrogen and oxygen atoms in total. The first-order valence-electron chi connectivity index (χ1n) is 18.8. The largest absolute Gasteiger partial charge is 0.485 e. The van der Waals surface area contributed by atoms with Crippen molar-refractivity contribution in [3.8, 4) is 11.5 Å². The van der Waals surface area contributed by atoms with Gasteiger partial charge in [0.05, 0.1) is 18.8 Å². The molecule has 0 bridgehead atoms. The number of amides is 2. The maximum absolute atomic E-state index is 14.1. The highest BCUT2D eigenvalue weighted by Gasteiger charge is 2.31. The molecule has 0 fully saturated rings. The van der Waals surface area contributed by atoms with Crippen molar-refractivity contribution in [2.45, 2.75) is 64.9 Å². The van der Waals surface area contributed by atoms with Crippen molar-refractivity contribution < 1.29 is 47.6 Å². The smallest absolute Gasteiger partial charge is 0.408 e. The number of ether oxygens (including phenoxy) is 6. The summed E-state index contributed by atoms with van der Waals surface area (Å²) in [7, 11) is 0. The number of alkyl carbamates (subject to hydrolysis) is 1. The molecule has 5 aromatic carbocycles. The molecular weight excluding hydrogens is 741 g/mol. The molecule has 2 atom stereocenters. The molecule has 0 spiro atoms. The second kappa shape index (κ2) is 21.6. The van der Waals surface area contributed by atoms with Crippen LogP contribution in [0.5, 0.6) is 11.5 Å². The summed E-state index contributed by atoms with van der Waals surface area (Å²) < 4.78 is 34.7. The lowest BCUT2D eigenvalue weighted by Crippen LogP contribution is -2.49. The number of carbonyl (C=O) groups excluding carboxylic acids is 4. The molecule has 5 aromatic rings. The Morgan fingerprint density at radius 2 is 1.00 bits per heavy atom. The predicted molar refractivity (Wildman–Crippen MR) is 216 cm³/mol. The van der Waals surface area contributed by atoms with Crippen LogP contribution in [0.2, 0.25) is 0 Å². The van der Waals surface area contributed by atoms with Crippen molar-refractivity contribution in [1.82, 2.24) is 10.6 Å². The molecular formula is C46H48N2O10. The Labute approximate surface area is 338 Å². The first-order valence-corrected chi connectivity index (χ1v) is 18.8. The molecule has 5 rings (SSSR count). The van der Waals surface area contributed by atoms with Crippen LogP contribution in [0.4, 0.5) is 4.79 Å². The number of para-hydroxylation sites is 1. The average molecular weight is 789 g/mol. The fourth-order valence-corrected chi connectivity index (χ4v) is 5.41.